The van der Waals surface area contributed by atoms with Crippen LogP contribution < -0.4 is 15.5 Å². The Morgan fingerprint density at radius 2 is 2.11 bits per heavy atom. The van der Waals surface area contributed by atoms with Crippen molar-refractivity contribution in [2.45, 2.75) is 13.3 Å². The first-order valence-corrected chi connectivity index (χ1v) is 7.58. The summed E-state index contributed by atoms with van der Waals surface area (Å²) in [6, 6.07) is 6.26. The molecule has 0 aliphatic carbocycles. The third kappa shape index (κ3) is 5.97. The Morgan fingerprint density at radius 1 is 1.39 bits per heavy atom. The van der Waals surface area contributed by atoms with Gasteiger partial charge in [-0.1, -0.05) is 6.07 Å². The van der Waals surface area contributed by atoms with Gasteiger partial charge < -0.3 is 15.5 Å². The number of anilines is 1. The van der Waals surface area contributed by atoms with E-state index in [2.05, 4.69) is 72.4 Å². The summed E-state index contributed by atoms with van der Waals surface area (Å²) in [5.41, 5.74) is 2.33. The quantitative estimate of drug-likeness (QED) is 0.411. The summed E-state index contributed by atoms with van der Waals surface area (Å²) >= 11 is 7.59. The van der Waals surface area contributed by atoms with Crippen molar-refractivity contribution in [3.63, 3.8) is 0 Å². The predicted molar refractivity (Wildman–Crippen MR) is 90.4 cm³/mol. The van der Waals surface area contributed by atoms with Crippen molar-refractivity contribution < 1.29 is 4.90 Å². The number of quaternary nitrogens is 1. The first-order chi connectivity index (χ1) is 8.49. The molecule has 100 valence electrons. The summed E-state index contributed by atoms with van der Waals surface area (Å²) in [6.07, 6.45) is 1.12. The highest BCUT2D eigenvalue weighted by atomic mass is 127. The summed E-state index contributed by atoms with van der Waals surface area (Å²) in [5.74, 6) is 0. The zero-order valence-electron chi connectivity index (χ0n) is 11.1. The van der Waals surface area contributed by atoms with Crippen molar-refractivity contribution in [2.75, 3.05) is 32.5 Å². The van der Waals surface area contributed by atoms with E-state index < -0.39 is 0 Å². The van der Waals surface area contributed by atoms with Crippen LogP contribution in [0.2, 0.25) is 0 Å². The Labute approximate surface area is 128 Å². The third-order valence-corrected chi connectivity index (χ3v) is 3.98. The lowest BCUT2D eigenvalue weighted by atomic mass is 10.2. The molecule has 0 aliphatic heterocycles. The topological polar surface area (TPSA) is 28.5 Å². The second-order valence-corrected chi connectivity index (χ2v) is 6.23. The number of rotatable bonds is 5. The highest BCUT2D eigenvalue weighted by molar-refractivity contribution is 14.1. The molecule has 0 aromatic heterocycles. The average Bonchev–Trinajstić information content (AvgIpc) is 2.29. The zero-order chi connectivity index (χ0) is 13.5. The Morgan fingerprint density at radius 3 is 2.72 bits per heavy atom. The van der Waals surface area contributed by atoms with Gasteiger partial charge in [-0.25, -0.2) is 0 Å². The number of halogens is 1. The molecular weight excluding hydrogens is 357 g/mol. The largest absolute Gasteiger partial charge is 0.362 e. The summed E-state index contributed by atoms with van der Waals surface area (Å²) < 4.78 is 1.25. The van der Waals surface area contributed by atoms with Gasteiger partial charge in [-0.2, -0.15) is 0 Å². The maximum Gasteiger partial charge on any atom is 0.170 e. The summed E-state index contributed by atoms with van der Waals surface area (Å²) in [7, 11) is 4.32. The van der Waals surface area contributed by atoms with E-state index in [0.717, 1.165) is 25.2 Å². The van der Waals surface area contributed by atoms with E-state index in [0.29, 0.717) is 5.11 Å². The highest BCUT2D eigenvalue weighted by Crippen LogP contribution is 2.16. The van der Waals surface area contributed by atoms with Gasteiger partial charge in [-0.05, 0) is 59.4 Å². The van der Waals surface area contributed by atoms with Gasteiger partial charge >= 0.3 is 0 Å². The highest BCUT2D eigenvalue weighted by Gasteiger charge is 2.00. The molecule has 0 saturated carbocycles. The van der Waals surface area contributed by atoms with Gasteiger partial charge in [0.2, 0.25) is 0 Å². The number of aryl methyl sites for hydroxylation is 1. The van der Waals surface area contributed by atoms with Crippen LogP contribution in [0.4, 0.5) is 5.69 Å². The lowest BCUT2D eigenvalue weighted by molar-refractivity contribution is -0.858. The number of benzene rings is 1. The molecular formula is C13H21IN3S+. The molecule has 0 fully saturated rings. The number of hydrogen-bond donors (Lipinski definition) is 3. The third-order valence-electron chi connectivity index (χ3n) is 2.57. The smallest absolute Gasteiger partial charge is 0.170 e. The average molecular weight is 378 g/mol. The lowest BCUT2D eigenvalue weighted by Crippen LogP contribution is -3.05. The van der Waals surface area contributed by atoms with Gasteiger partial charge in [0.15, 0.2) is 5.11 Å². The van der Waals surface area contributed by atoms with Gasteiger partial charge in [0.05, 0.1) is 20.6 Å². The van der Waals surface area contributed by atoms with Crippen molar-refractivity contribution in [1.82, 2.24) is 5.32 Å². The Balaban J connectivity index is 2.33. The van der Waals surface area contributed by atoms with Crippen molar-refractivity contribution in [3.05, 3.63) is 27.3 Å². The normalized spacial score (nSPS) is 10.5. The number of hydrogen-bond acceptors (Lipinski definition) is 1. The van der Waals surface area contributed by atoms with E-state index in [-0.39, 0.29) is 0 Å². The SMILES string of the molecule is Cc1ccc(NC(=S)NCCC[NH+](C)C)cc1I. The monoisotopic (exact) mass is 378 g/mol. The zero-order valence-corrected chi connectivity index (χ0v) is 14.1. The van der Waals surface area contributed by atoms with Crippen LogP contribution in [-0.2, 0) is 0 Å². The maximum absolute atomic E-state index is 5.26. The Kier molecular flexibility index (Phi) is 6.88. The standard InChI is InChI=1S/C13H20IN3S/c1-10-5-6-11(9-12(10)14)16-13(18)15-7-4-8-17(2)3/h5-6,9H,4,7-8H2,1-3H3,(H2,15,16,18)/p+1. The van der Waals surface area contributed by atoms with Gasteiger partial charge in [0.25, 0.3) is 0 Å². The minimum atomic E-state index is 0.698. The molecule has 0 spiro atoms. The molecule has 0 radical (unpaired) electrons. The number of nitrogens with one attached hydrogen (secondary N) is 3. The van der Waals surface area contributed by atoms with Crippen LogP contribution in [-0.4, -0.2) is 32.3 Å². The van der Waals surface area contributed by atoms with Crippen LogP contribution in [0.1, 0.15) is 12.0 Å². The second-order valence-electron chi connectivity index (χ2n) is 4.66. The molecule has 0 aliphatic rings. The van der Waals surface area contributed by atoms with Gasteiger partial charge in [0, 0.05) is 22.2 Å². The van der Waals surface area contributed by atoms with Crippen LogP contribution in [0.5, 0.6) is 0 Å². The molecule has 1 aromatic carbocycles. The fourth-order valence-corrected chi connectivity index (χ4v) is 2.22. The van der Waals surface area contributed by atoms with Crippen LogP contribution in [0.3, 0.4) is 0 Å². The maximum atomic E-state index is 5.26. The van der Waals surface area contributed by atoms with E-state index in [1.807, 2.05) is 0 Å². The molecule has 18 heavy (non-hydrogen) atoms. The lowest BCUT2D eigenvalue weighted by Gasteiger charge is -2.12. The molecule has 0 saturated heterocycles. The number of thiocarbonyl (C=S) groups is 1. The molecule has 0 atom stereocenters. The van der Waals surface area contributed by atoms with Crippen molar-refractivity contribution in [1.29, 1.82) is 0 Å². The molecule has 3 N–H and O–H groups in total. The molecule has 5 heteroatoms. The van der Waals surface area contributed by atoms with Crippen LogP contribution in [0.25, 0.3) is 0 Å². The van der Waals surface area contributed by atoms with Crippen LogP contribution in [0.15, 0.2) is 18.2 Å². The molecule has 0 heterocycles. The Hall–Kier alpha value is -0.400. The van der Waals surface area contributed by atoms with Crippen molar-refractivity contribution in [3.8, 4) is 0 Å². The van der Waals surface area contributed by atoms with Crippen molar-refractivity contribution in [2.24, 2.45) is 0 Å². The molecule has 0 unspecified atom stereocenters. The van der Waals surface area contributed by atoms with E-state index >= 15 is 0 Å². The molecule has 0 bridgehead atoms. The first kappa shape index (κ1) is 15.7. The summed E-state index contributed by atoms with van der Waals surface area (Å²) in [6.45, 7) is 4.17. The van der Waals surface area contributed by atoms with E-state index in [1.165, 1.54) is 14.0 Å². The van der Waals surface area contributed by atoms with Gasteiger partial charge in [0.1, 0.15) is 0 Å². The molecule has 0 amide bonds. The van der Waals surface area contributed by atoms with Gasteiger partial charge in [-0.3, -0.25) is 0 Å². The first-order valence-electron chi connectivity index (χ1n) is 6.09. The van der Waals surface area contributed by atoms with Crippen LogP contribution >= 0.6 is 34.8 Å². The van der Waals surface area contributed by atoms with Crippen molar-refractivity contribution >= 4 is 45.6 Å². The predicted octanol–water partition coefficient (Wildman–Crippen LogP) is 1.42. The molecule has 3 nitrogen and oxygen atoms in total. The van der Waals surface area contributed by atoms with Gasteiger partial charge in [-0.15, -0.1) is 0 Å². The second kappa shape index (κ2) is 7.91. The summed E-state index contributed by atoms with van der Waals surface area (Å²) in [4.78, 5) is 1.46. The minimum Gasteiger partial charge on any atom is -0.362 e. The fraction of sp³-hybridized carbons (Fsp3) is 0.462. The van der Waals surface area contributed by atoms with E-state index in [4.69, 9.17) is 12.2 Å². The minimum absolute atomic E-state index is 0.698. The fourth-order valence-electron chi connectivity index (χ4n) is 1.49. The molecule has 1 rings (SSSR count). The van der Waals surface area contributed by atoms with E-state index in [1.54, 1.807) is 0 Å². The summed E-state index contributed by atoms with van der Waals surface area (Å²) in [5, 5.41) is 7.13. The van der Waals surface area contributed by atoms with E-state index in [9.17, 15) is 0 Å². The molecule has 1 aromatic rings. The van der Waals surface area contributed by atoms with Crippen LogP contribution in [0, 0.1) is 10.5 Å². The Bertz CT molecular complexity index is 407.